The number of fused-ring (bicyclic) bond motifs is 1. The molecule has 0 bridgehead atoms. The SMILES string of the molecule is CCCN1C(=O)c2ccc(Nc3ncc(-c4nnc(-c5cccnc5)o4)c(N[C@H](CO)c4ccccc4)n3)nc2C1(C)C. The maximum Gasteiger partial charge on any atom is 0.256 e. The maximum absolute atomic E-state index is 13.0. The van der Waals surface area contributed by atoms with Gasteiger partial charge in [0.25, 0.3) is 11.8 Å². The molecule has 0 fully saturated rings. The molecule has 0 spiro atoms. The first-order chi connectivity index (χ1) is 20.9. The molecule has 4 aromatic heterocycles. The van der Waals surface area contributed by atoms with E-state index in [0.29, 0.717) is 46.5 Å². The van der Waals surface area contributed by atoms with E-state index in [1.165, 1.54) is 0 Å². The summed E-state index contributed by atoms with van der Waals surface area (Å²) in [6, 6.07) is 16.2. The van der Waals surface area contributed by atoms with Crippen LogP contribution in [-0.2, 0) is 5.54 Å². The van der Waals surface area contributed by atoms with Crippen LogP contribution < -0.4 is 10.6 Å². The topological polar surface area (TPSA) is 155 Å². The van der Waals surface area contributed by atoms with E-state index in [1.807, 2.05) is 62.1 Å². The van der Waals surface area contributed by atoms with Crippen molar-refractivity contribution >= 4 is 23.5 Å². The average Bonchev–Trinajstić information content (AvgIpc) is 3.59. The fourth-order valence-electron chi connectivity index (χ4n) is 5.15. The van der Waals surface area contributed by atoms with Gasteiger partial charge in [-0.15, -0.1) is 10.2 Å². The Balaban J connectivity index is 1.35. The molecule has 3 N–H and O–H groups in total. The number of benzene rings is 1. The lowest BCUT2D eigenvalue weighted by Gasteiger charge is -2.31. The highest BCUT2D eigenvalue weighted by molar-refractivity contribution is 5.99. The summed E-state index contributed by atoms with van der Waals surface area (Å²) in [7, 11) is 0. The van der Waals surface area contributed by atoms with Gasteiger partial charge in [0.1, 0.15) is 11.6 Å². The Bertz CT molecular complexity index is 1740. The first-order valence-corrected chi connectivity index (χ1v) is 14.0. The molecule has 1 amide bonds. The third kappa shape index (κ3) is 5.40. The number of hydrogen-bond donors (Lipinski definition) is 3. The second-order valence-corrected chi connectivity index (χ2v) is 10.6. The zero-order valence-corrected chi connectivity index (χ0v) is 24.0. The number of nitrogens with one attached hydrogen (secondary N) is 2. The Labute approximate surface area is 248 Å². The van der Waals surface area contributed by atoms with Crippen molar-refractivity contribution in [3.05, 3.63) is 90.0 Å². The molecule has 0 saturated heterocycles. The van der Waals surface area contributed by atoms with E-state index >= 15 is 0 Å². The van der Waals surface area contributed by atoms with Crippen LogP contribution in [0.15, 0.2) is 77.6 Å². The molecular formula is C31H31N9O3. The van der Waals surface area contributed by atoms with Crippen LogP contribution in [0.1, 0.15) is 54.8 Å². The van der Waals surface area contributed by atoms with E-state index in [-0.39, 0.29) is 24.4 Å². The van der Waals surface area contributed by atoms with Gasteiger partial charge in [-0.25, -0.2) is 9.97 Å². The number of aliphatic hydroxyl groups excluding tert-OH is 1. The lowest BCUT2D eigenvalue weighted by molar-refractivity contribution is 0.0615. The normalized spacial score (nSPS) is 14.4. The number of aromatic nitrogens is 6. The van der Waals surface area contributed by atoms with Crippen LogP contribution >= 0.6 is 0 Å². The summed E-state index contributed by atoms with van der Waals surface area (Å²) in [5, 5.41) is 25.2. The van der Waals surface area contributed by atoms with Crippen LogP contribution in [0.5, 0.6) is 0 Å². The Hall–Kier alpha value is -5.23. The van der Waals surface area contributed by atoms with E-state index in [2.05, 4.69) is 30.8 Å². The number of pyridine rings is 2. The third-order valence-corrected chi connectivity index (χ3v) is 7.36. The van der Waals surface area contributed by atoms with E-state index in [4.69, 9.17) is 14.4 Å². The molecule has 43 heavy (non-hydrogen) atoms. The fraction of sp³-hybridized carbons (Fsp3) is 0.258. The molecule has 12 nitrogen and oxygen atoms in total. The average molecular weight is 578 g/mol. The number of amides is 1. The largest absolute Gasteiger partial charge is 0.416 e. The van der Waals surface area contributed by atoms with Crippen molar-refractivity contribution in [2.45, 2.75) is 38.8 Å². The number of hydrogen-bond acceptors (Lipinski definition) is 11. The number of nitrogens with zero attached hydrogens (tertiary/aromatic N) is 7. The summed E-state index contributed by atoms with van der Waals surface area (Å²) in [6.07, 6.45) is 5.72. The molecular weight excluding hydrogens is 546 g/mol. The van der Waals surface area contributed by atoms with Crippen LogP contribution in [0.4, 0.5) is 17.6 Å². The van der Waals surface area contributed by atoms with Gasteiger partial charge in [-0.2, -0.15) is 4.98 Å². The lowest BCUT2D eigenvalue weighted by Crippen LogP contribution is -2.39. The van der Waals surface area contributed by atoms with Gasteiger partial charge < -0.3 is 25.1 Å². The number of carbonyl (C=O) groups is 1. The Morgan fingerprint density at radius 3 is 2.53 bits per heavy atom. The zero-order valence-electron chi connectivity index (χ0n) is 24.0. The minimum absolute atomic E-state index is 0.0193. The fourth-order valence-corrected chi connectivity index (χ4v) is 5.15. The van der Waals surface area contributed by atoms with E-state index in [9.17, 15) is 9.90 Å². The van der Waals surface area contributed by atoms with Crippen LogP contribution in [0.3, 0.4) is 0 Å². The van der Waals surface area contributed by atoms with Gasteiger partial charge in [0.2, 0.25) is 11.8 Å². The molecule has 1 aliphatic rings. The number of anilines is 3. The predicted molar refractivity (Wildman–Crippen MR) is 160 cm³/mol. The van der Waals surface area contributed by atoms with E-state index < -0.39 is 11.6 Å². The molecule has 5 heterocycles. The molecule has 0 saturated carbocycles. The van der Waals surface area contributed by atoms with Crippen molar-refractivity contribution in [2.75, 3.05) is 23.8 Å². The summed E-state index contributed by atoms with van der Waals surface area (Å²) in [4.78, 5) is 33.0. The highest BCUT2D eigenvalue weighted by Crippen LogP contribution is 2.38. The van der Waals surface area contributed by atoms with Crippen molar-refractivity contribution in [2.24, 2.45) is 0 Å². The molecule has 1 aliphatic heterocycles. The lowest BCUT2D eigenvalue weighted by atomic mass is 9.99. The molecule has 0 unspecified atom stereocenters. The number of rotatable bonds is 10. The summed E-state index contributed by atoms with van der Waals surface area (Å²) >= 11 is 0. The van der Waals surface area contributed by atoms with Crippen LogP contribution in [0.2, 0.25) is 0 Å². The highest BCUT2D eigenvalue weighted by atomic mass is 16.4. The quantitative estimate of drug-likeness (QED) is 0.206. The summed E-state index contributed by atoms with van der Waals surface area (Å²) < 4.78 is 5.97. The van der Waals surface area contributed by atoms with Crippen molar-refractivity contribution in [1.29, 1.82) is 0 Å². The second-order valence-electron chi connectivity index (χ2n) is 10.6. The molecule has 5 aromatic rings. The molecule has 0 radical (unpaired) electrons. The summed E-state index contributed by atoms with van der Waals surface area (Å²) in [5.41, 5.74) is 2.74. The van der Waals surface area contributed by atoms with Crippen molar-refractivity contribution < 1.29 is 14.3 Å². The number of carbonyl (C=O) groups excluding carboxylic acids is 1. The third-order valence-electron chi connectivity index (χ3n) is 7.36. The smallest absolute Gasteiger partial charge is 0.256 e. The van der Waals surface area contributed by atoms with Crippen molar-refractivity contribution in [1.82, 2.24) is 35.0 Å². The van der Waals surface area contributed by atoms with Gasteiger partial charge in [-0.3, -0.25) is 9.78 Å². The summed E-state index contributed by atoms with van der Waals surface area (Å²) in [5.74, 6) is 1.60. The van der Waals surface area contributed by atoms with E-state index in [1.54, 1.807) is 36.8 Å². The number of aliphatic hydroxyl groups is 1. The Morgan fingerprint density at radius 2 is 1.79 bits per heavy atom. The molecule has 6 rings (SSSR count). The van der Waals surface area contributed by atoms with Gasteiger partial charge in [0.15, 0.2) is 0 Å². The first-order valence-electron chi connectivity index (χ1n) is 14.0. The zero-order chi connectivity index (χ0) is 30.0. The van der Waals surface area contributed by atoms with Gasteiger partial charge in [-0.05, 0) is 50.1 Å². The monoisotopic (exact) mass is 577 g/mol. The first kappa shape index (κ1) is 27.9. The molecule has 1 atom stereocenters. The van der Waals surface area contributed by atoms with Gasteiger partial charge in [0, 0.05) is 25.1 Å². The van der Waals surface area contributed by atoms with Crippen LogP contribution in [0.25, 0.3) is 22.9 Å². The molecule has 1 aromatic carbocycles. The maximum atomic E-state index is 13.0. The van der Waals surface area contributed by atoms with Crippen molar-refractivity contribution in [3.8, 4) is 22.9 Å². The molecule has 218 valence electrons. The van der Waals surface area contributed by atoms with E-state index in [0.717, 1.165) is 12.0 Å². The minimum Gasteiger partial charge on any atom is -0.416 e. The minimum atomic E-state index is -0.550. The van der Waals surface area contributed by atoms with Crippen LogP contribution in [0, 0.1) is 0 Å². The Morgan fingerprint density at radius 1 is 0.977 bits per heavy atom. The van der Waals surface area contributed by atoms with Gasteiger partial charge >= 0.3 is 0 Å². The highest BCUT2D eigenvalue weighted by Gasteiger charge is 2.44. The van der Waals surface area contributed by atoms with Gasteiger partial charge in [-0.1, -0.05) is 37.3 Å². The van der Waals surface area contributed by atoms with Crippen molar-refractivity contribution in [3.63, 3.8) is 0 Å². The standard InChI is InChI=1S/C31H31N9O3/c1-4-15-40-29(42)21-12-13-24(35-25(21)31(40,2)3)36-30-33-17-22(28-39-38-27(43-28)20-11-8-14-32-16-20)26(37-30)34-23(18-41)19-9-6-5-7-10-19/h5-14,16-17,23,41H,4,15,18H2,1-3H3,(H2,33,34,35,36,37)/t23-/m1/s1. The van der Waals surface area contributed by atoms with Crippen LogP contribution in [-0.4, -0.2) is 59.2 Å². The predicted octanol–water partition coefficient (Wildman–Crippen LogP) is 4.97. The molecule has 12 heteroatoms. The Kier molecular flexibility index (Phi) is 7.51. The van der Waals surface area contributed by atoms with Gasteiger partial charge in [0.05, 0.1) is 40.6 Å². The second kappa shape index (κ2) is 11.6. The summed E-state index contributed by atoms with van der Waals surface area (Å²) in [6.45, 7) is 6.51. The molecule has 0 aliphatic carbocycles.